The van der Waals surface area contributed by atoms with Gasteiger partial charge in [-0.2, -0.15) is 0 Å². The number of hydrogen-bond donors (Lipinski definition) is 2. The molecule has 1 aliphatic carbocycles. The Balaban J connectivity index is 1.73. The van der Waals surface area contributed by atoms with Crippen LogP contribution in [0.1, 0.15) is 24.8 Å². The van der Waals surface area contributed by atoms with Crippen LogP contribution in [0.5, 0.6) is 0 Å². The number of nitrogens with one attached hydrogen (secondary N) is 2. The summed E-state index contributed by atoms with van der Waals surface area (Å²) >= 11 is 0. The summed E-state index contributed by atoms with van der Waals surface area (Å²) in [6.45, 7) is 1.68. The Morgan fingerprint density at radius 3 is 2.79 bits per heavy atom. The Kier molecular flexibility index (Phi) is 4.55. The lowest BCUT2D eigenvalue weighted by atomic mass is 10.2. The number of anilines is 3. The second-order valence-corrected chi connectivity index (χ2v) is 6.01. The fourth-order valence-electron chi connectivity index (χ4n) is 2.28. The third-order valence-corrected chi connectivity index (χ3v) is 3.91. The van der Waals surface area contributed by atoms with Gasteiger partial charge in [0.15, 0.2) is 5.82 Å². The Hall–Kier alpha value is -2.76. The zero-order valence-corrected chi connectivity index (χ0v) is 13.3. The summed E-state index contributed by atoms with van der Waals surface area (Å²) in [5.41, 5.74) is 1.44. The summed E-state index contributed by atoms with van der Waals surface area (Å²) in [4.78, 5) is 28.0. The summed E-state index contributed by atoms with van der Waals surface area (Å²) in [5.74, 6) is -0.693. The number of amides is 1. The first-order chi connectivity index (χ1) is 11.5. The standard InChI is InChI=1S/C18H18FN3O2/c1-11-4-7-13(10-14(11)19)21-17-15(3-2-8-20-17)22-18(24)16(23)9-12-5-6-12/h2-4,7-8,10,12H,5-6,9H2,1H3,(H,20,21)(H,22,24). The van der Waals surface area contributed by atoms with Gasteiger partial charge in [0.1, 0.15) is 5.82 Å². The van der Waals surface area contributed by atoms with Crippen LogP contribution in [-0.2, 0) is 9.59 Å². The number of ketones is 1. The molecule has 0 atom stereocenters. The highest BCUT2D eigenvalue weighted by molar-refractivity contribution is 6.40. The monoisotopic (exact) mass is 327 g/mol. The SMILES string of the molecule is Cc1ccc(Nc2ncccc2NC(=O)C(=O)CC2CC2)cc1F. The van der Waals surface area contributed by atoms with E-state index in [1.165, 1.54) is 6.07 Å². The molecule has 2 aromatic rings. The Morgan fingerprint density at radius 1 is 1.29 bits per heavy atom. The number of pyridine rings is 1. The van der Waals surface area contributed by atoms with Gasteiger partial charge in [-0.25, -0.2) is 9.37 Å². The first-order valence-corrected chi connectivity index (χ1v) is 7.85. The molecule has 1 heterocycles. The molecule has 0 saturated heterocycles. The summed E-state index contributed by atoms with van der Waals surface area (Å²) < 4.78 is 13.7. The summed E-state index contributed by atoms with van der Waals surface area (Å²) in [7, 11) is 0. The van der Waals surface area contributed by atoms with E-state index in [1.807, 2.05) is 0 Å². The van der Waals surface area contributed by atoms with E-state index >= 15 is 0 Å². The third kappa shape index (κ3) is 3.95. The lowest BCUT2D eigenvalue weighted by Gasteiger charge is -2.12. The first-order valence-electron chi connectivity index (χ1n) is 7.85. The molecule has 0 spiro atoms. The smallest absolute Gasteiger partial charge is 0.291 e. The van der Waals surface area contributed by atoms with Crippen molar-refractivity contribution in [3.63, 3.8) is 0 Å². The van der Waals surface area contributed by atoms with Crippen molar-refractivity contribution < 1.29 is 14.0 Å². The number of rotatable bonds is 6. The van der Waals surface area contributed by atoms with Crippen molar-refractivity contribution in [3.05, 3.63) is 47.9 Å². The first kappa shape index (κ1) is 16.1. The zero-order chi connectivity index (χ0) is 17.1. The van der Waals surface area contributed by atoms with Gasteiger partial charge in [0.05, 0.1) is 5.69 Å². The van der Waals surface area contributed by atoms with Crippen LogP contribution in [0.25, 0.3) is 0 Å². The Bertz CT molecular complexity index is 788. The highest BCUT2D eigenvalue weighted by Crippen LogP contribution is 2.32. The molecule has 1 fully saturated rings. The van der Waals surface area contributed by atoms with Crippen molar-refractivity contribution in [3.8, 4) is 0 Å². The van der Waals surface area contributed by atoms with E-state index in [2.05, 4.69) is 15.6 Å². The van der Waals surface area contributed by atoms with Crippen LogP contribution in [0, 0.1) is 18.7 Å². The summed E-state index contributed by atoms with van der Waals surface area (Å²) in [5, 5.41) is 5.54. The molecule has 24 heavy (non-hydrogen) atoms. The van der Waals surface area contributed by atoms with Crippen LogP contribution >= 0.6 is 0 Å². The van der Waals surface area contributed by atoms with E-state index in [4.69, 9.17) is 0 Å². The van der Waals surface area contributed by atoms with Gasteiger partial charge >= 0.3 is 0 Å². The van der Waals surface area contributed by atoms with Crippen LogP contribution in [-0.4, -0.2) is 16.7 Å². The number of nitrogens with zero attached hydrogens (tertiary/aromatic N) is 1. The van der Waals surface area contributed by atoms with Crippen LogP contribution in [0.15, 0.2) is 36.5 Å². The Morgan fingerprint density at radius 2 is 2.08 bits per heavy atom. The summed E-state index contributed by atoms with van der Waals surface area (Å²) in [6.07, 6.45) is 3.86. The number of hydrogen-bond acceptors (Lipinski definition) is 4. The third-order valence-electron chi connectivity index (χ3n) is 3.91. The van der Waals surface area contributed by atoms with E-state index in [0.717, 1.165) is 12.8 Å². The van der Waals surface area contributed by atoms with E-state index < -0.39 is 11.7 Å². The van der Waals surface area contributed by atoms with E-state index in [0.29, 0.717) is 28.7 Å². The number of halogens is 1. The number of carbonyl (C=O) groups is 2. The summed E-state index contributed by atoms with van der Waals surface area (Å²) in [6, 6.07) is 8.02. The number of aromatic nitrogens is 1. The predicted octanol–water partition coefficient (Wildman–Crippen LogP) is 3.58. The molecular formula is C18H18FN3O2. The minimum Gasteiger partial charge on any atom is -0.338 e. The van der Waals surface area contributed by atoms with Crippen molar-refractivity contribution in [1.82, 2.24) is 4.98 Å². The van der Waals surface area contributed by atoms with Crippen molar-refractivity contribution in [2.24, 2.45) is 5.92 Å². The second-order valence-electron chi connectivity index (χ2n) is 6.01. The van der Waals surface area contributed by atoms with Gasteiger partial charge in [0.2, 0.25) is 5.78 Å². The molecule has 6 heteroatoms. The molecule has 1 aromatic carbocycles. The average molecular weight is 327 g/mol. The molecule has 3 rings (SSSR count). The van der Waals surface area contributed by atoms with E-state index in [-0.39, 0.29) is 12.2 Å². The van der Waals surface area contributed by atoms with Gasteiger partial charge in [-0.15, -0.1) is 0 Å². The van der Waals surface area contributed by atoms with Crippen molar-refractivity contribution in [2.45, 2.75) is 26.2 Å². The largest absolute Gasteiger partial charge is 0.338 e. The van der Waals surface area contributed by atoms with Gasteiger partial charge < -0.3 is 10.6 Å². The van der Waals surface area contributed by atoms with Crippen molar-refractivity contribution >= 4 is 28.9 Å². The maximum atomic E-state index is 13.7. The molecule has 1 amide bonds. The van der Waals surface area contributed by atoms with Gasteiger partial charge in [0.25, 0.3) is 5.91 Å². The van der Waals surface area contributed by atoms with Crippen molar-refractivity contribution in [2.75, 3.05) is 10.6 Å². The van der Waals surface area contributed by atoms with E-state index in [1.54, 1.807) is 37.4 Å². The minimum atomic E-state index is -0.645. The Labute approximate surface area is 139 Å². The lowest BCUT2D eigenvalue weighted by Crippen LogP contribution is -2.23. The number of Topliss-reactive ketones (excluding diaryl/α,β-unsaturated/α-hetero) is 1. The molecule has 1 aliphatic rings. The maximum absolute atomic E-state index is 13.7. The van der Waals surface area contributed by atoms with Crippen LogP contribution in [0.2, 0.25) is 0 Å². The minimum absolute atomic E-state index is 0.290. The fourth-order valence-corrected chi connectivity index (χ4v) is 2.28. The molecule has 1 aromatic heterocycles. The lowest BCUT2D eigenvalue weighted by molar-refractivity contribution is -0.135. The highest BCUT2D eigenvalue weighted by Gasteiger charge is 2.27. The zero-order valence-electron chi connectivity index (χ0n) is 13.3. The molecule has 0 aliphatic heterocycles. The maximum Gasteiger partial charge on any atom is 0.291 e. The van der Waals surface area contributed by atoms with Gasteiger partial charge in [-0.1, -0.05) is 6.07 Å². The molecular weight excluding hydrogens is 309 g/mol. The molecule has 2 N–H and O–H groups in total. The molecule has 0 unspecified atom stereocenters. The van der Waals surface area contributed by atoms with Crippen LogP contribution in [0.4, 0.5) is 21.6 Å². The fraction of sp³-hybridized carbons (Fsp3) is 0.278. The molecule has 0 bridgehead atoms. The van der Waals surface area contributed by atoms with E-state index in [9.17, 15) is 14.0 Å². The number of aryl methyl sites for hydroxylation is 1. The average Bonchev–Trinajstić information content (AvgIpc) is 3.36. The molecule has 124 valence electrons. The number of carbonyl (C=O) groups excluding carboxylic acids is 2. The number of benzene rings is 1. The predicted molar refractivity (Wildman–Crippen MR) is 89.6 cm³/mol. The topological polar surface area (TPSA) is 71.1 Å². The van der Waals surface area contributed by atoms with Crippen LogP contribution in [0.3, 0.4) is 0 Å². The molecule has 5 nitrogen and oxygen atoms in total. The molecule has 1 saturated carbocycles. The normalized spacial score (nSPS) is 13.4. The van der Waals surface area contributed by atoms with Gasteiger partial charge in [-0.3, -0.25) is 9.59 Å². The van der Waals surface area contributed by atoms with Gasteiger partial charge in [0, 0.05) is 18.3 Å². The van der Waals surface area contributed by atoms with Crippen LogP contribution < -0.4 is 10.6 Å². The van der Waals surface area contributed by atoms with Gasteiger partial charge in [-0.05, 0) is 55.5 Å². The highest BCUT2D eigenvalue weighted by atomic mass is 19.1. The molecule has 0 radical (unpaired) electrons. The quantitative estimate of drug-likeness (QED) is 0.796. The second kappa shape index (κ2) is 6.78. The van der Waals surface area contributed by atoms with Crippen molar-refractivity contribution in [1.29, 1.82) is 0 Å².